The minimum Gasteiger partial charge on any atom is -0.478 e. The van der Waals surface area contributed by atoms with Crippen LogP contribution in [-0.4, -0.2) is 30.0 Å². The molecule has 9 heteroatoms. The molecule has 2 aromatic carbocycles. The summed E-state index contributed by atoms with van der Waals surface area (Å²) in [5.74, 6) is -0.363. The van der Waals surface area contributed by atoms with Gasteiger partial charge < -0.3 is 10.4 Å². The first-order valence-electron chi connectivity index (χ1n) is 10.6. The lowest BCUT2D eigenvalue weighted by Gasteiger charge is -2.11. The van der Waals surface area contributed by atoms with Crippen LogP contribution in [0.1, 0.15) is 29.8 Å². The predicted octanol–water partition coefficient (Wildman–Crippen LogP) is 3.04. The van der Waals surface area contributed by atoms with Crippen molar-refractivity contribution in [3.8, 4) is 0 Å². The topological polar surface area (TPSA) is 111 Å². The van der Waals surface area contributed by atoms with Crippen molar-refractivity contribution in [3.63, 3.8) is 0 Å². The van der Waals surface area contributed by atoms with E-state index in [1.165, 1.54) is 23.7 Å². The lowest BCUT2D eigenvalue weighted by Crippen LogP contribution is -2.38. The van der Waals surface area contributed by atoms with E-state index in [1.54, 1.807) is 16.8 Å². The van der Waals surface area contributed by atoms with Gasteiger partial charge in [-0.05, 0) is 35.7 Å². The Kier molecular flexibility index (Phi) is 5.87. The molecule has 0 aliphatic carbocycles. The maximum atomic E-state index is 13.2. The minimum absolute atomic E-state index is 0.169. The molecule has 2 N–H and O–H groups in total. The van der Waals surface area contributed by atoms with Crippen molar-refractivity contribution >= 4 is 28.5 Å². The van der Waals surface area contributed by atoms with E-state index < -0.39 is 17.2 Å². The van der Waals surface area contributed by atoms with Gasteiger partial charge in [0, 0.05) is 19.3 Å². The van der Waals surface area contributed by atoms with Crippen LogP contribution in [0.15, 0.2) is 64.2 Å². The maximum Gasteiger partial charge on any atom is 0.335 e. The highest BCUT2D eigenvalue weighted by Gasteiger charge is 2.22. The van der Waals surface area contributed by atoms with Crippen LogP contribution in [0.25, 0.3) is 11.0 Å². The molecule has 0 fully saturated rings. The van der Waals surface area contributed by atoms with Gasteiger partial charge in [-0.3, -0.25) is 13.9 Å². The molecule has 0 bridgehead atoms. The van der Waals surface area contributed by atoms with E-state index in [4.69, 9.17) is 5.11 Å². The maximum absolute atomic E-state index is 13.2. The van der Waals surface area contributed by atoms with Gasteiger partial charge in [0.25, 0.3) is 5.56 Å². The molecule has 0 saturated heterocycles. The van der Waals surface area contributed by atoms with Gasteiger partial charge in [-0.2, -0.15) is 5.10 Å². The summed E-state index contributed by atoms with van der Waals surface area (Å²) in [5.41, 5.74) is 1.23. The van der Waals surface area contributed by atoms with Crippen molar-refractivity contribution in [2.24, 2.45) is 13.0 Å². The van der Waals surface area contributed by atoms with Crippen LogP contribution in [0, 0.1) is 5.92 Å². The molecule has 0 saturated carbocycles. The zero-order valence-corrected chi connectivity index (χ0v) is 18.6. The molecule has 0 amide bonds. The summed E-state index contributed by atoms with van der Waals surface area (Å²) in [6.45, 7) is 4.68. The number of benzene rings is 2. The fourth-order valence-corrected chi connectivity index (χ4v) is 3.72. The number of nitrogens with one attached hydrogen (secondary N) is 1. The quantitative estimate of drug-likeness (QED) is 0.451. The molecule has 0 spiro atoms. The Morgan fingerprint density at radius 2 is 1.73 bits per heavy atom. The smallest absolute Gasteiger partial charge is 0.335 e. The number of nitrogens with zero attached hydrogens (tertiary/aromatic N) is 4. The van der Waals surface area contributed by atoms with Gasteiger partial charge in [-0.15, -0.1) is 0 Å². The van der Waals surface area contributed by atoms with Gasteiger partial charge >= 0.3 is 11.7 Å². The van der Waals surface area contributed by atoms with Gasteiger partial charge in [0.15, 0.2) is 5.65 Å². The Balaban J connectivity index is 1.93. The Bertz CT molecular complexity index is 1430. The summed E-state index contributed by atoms with van der Waals surface area (Å²) >= 11 is 0. The summed E-state index contributed by atoms with van der Waals surface area (Å²) in [6.07, 6.45) is 0. The average molecular weight is 447 g/mol. The molecule has 0 atom stereocenters. The normalized spacial score (nSPS) is 11.3. The van der Waals surface area contributed by atoms with Crippen molar-refractivity contribution in [1.82, 2.24) is 18.9 Å². The van der Waals surface area contributed by atoms with Crippen LogP contribution in [0.2, 0.25) is 0 Å². The molecule has 0 aliphatic heterocycles. The molecular weight excluding hydrogens is 422 g/mol. The van der Waals surface area contributed by atoms with Crippen molar-refractivity contribution in [2.45, 2.75) is 26.9 Å². The van der Waals surface area contributed by atoms with Gasteiger partial charge in [0.2, 0.25) is 0 Å². The second-order valence-corrected chi connectivity index (χ2v) is 8.35. The van der Waals surface area contributed by atoms with Crippen LogP contribution in [0.4, 0.5) is 11.5 Å². The van der Waals surface area contributed by atoms with E-state index in [1.807, 2.05) is 44.2 Å². The summed E-state index contributed by atoms with van der Waals surface area (Å²) in [6, 6.07) is 15.9. The van der Waals surface area contributed by atoms with Crippen molar-refractivity contribution in [2.75, 3.05) is 5.32 Å². The van der Waals surface area contributed by atoms with Gasteiger partial charge in [0.05, 0.1) is 12.1 Å². The number of anilines is 2. The first-order valence-corrected chi connectivity index (χ1v) is 10.6. The summed E-state index contributed by atoms with van der Waals surface area (Å²) < 4.78 is 4.28. The van der Waals surface area contributed by atoms with E-state index in [2.05, 4.69) is 10.4 Å². The molecule has 9 nitrogen and oxygen atoms in total. The van der Waals surface area contributed by atoms with Gasteiger partial charge in [0.1, 0.15) is 11.2 Å². The van der Waals surface area contributed by atoms with E-state index in [0.717, 1.165) is 15.8 Å². The standard InChI is InChI=1S/C24H25N5O4/c1-15(2)13-28-21-19(22(30)27(3)24(28)33)20(25-18-7-5-4-6-8-18)29(26-21)14-16-9-11-17(12-10-16)23(31)32/h4-12,15,25H,13-14H2,1-3H3,(H,31,32). The summed E-state index contributed by atoms with van der Waals surface area (Å²) in [4.78, 5) is 37.2. The second kappa shape index (κ2) is 8.78. The Hall–Kier alpha value is -4.14. The number of carboxylic acids is 1. The summed E-state index contributed by atoms with van der Waals surface area (Å²) in [7, 11) is 1.47. The minimum atomic E-state index is -1.00. The number of rotatable bonds is 7. The number of fused-ring (bicyclic) bond motifs is 1. The molecule has 4 aromatic rings. The number of aromatic carboxylic acids is 1. The molecule has 2 heterocycles. The number of para-hydroxylation sites is 1. The summed E-state index contributed by atoms with van der Waals surface area (Å²) in [5, 5.41) is 17.4. The number of carbonyl (C=O) groups is 1. The zero-order chi connectivity index (χ0) is 23.7. The first kappa shape index (κ1) is 22.1. The van der Waals surface area contributed by atoms with Crippen LogP contribution in [0.5, 0.6) is 0 Å². The third-order valence-corrected chi connectivity index (χ3v) is 5.34. The molecule has 2 aromatic heterocycles. The monoisotopic (exact) mass is 447 g/mol. The largest absolute Gasteiger partial charge is 0.478 e. The molecular formula is C24H25N5O4. The van der Waals surface area contributed by atoms with E-state index in [-0.39, 0.29) is 18.0 Å². The lowest BCUT2D eigenvalue weighted by atomic mass is 10.1. The molecule has 0 radical (unpaired) electrons. The third-order valence-electron chi connectivity index (χ3n) is 5.34. The molecule has 0 aliphatic rings. The van der Waals surface area contributed by atoms with Crippen LogP contribution >= 0.6 is 0 Å². The molecule has 0 unspecified atom stereocenters. The Labute approximate surface area is 189 Å². The Morgan fingerprint density at radius 3 is 2.33 bits per heavy atom. The van der Waals surface area contributed by atoms with E-state index in [9.17, 15) is 14.4 Å². The highest BCUT2D eigenvalue weighted by Crippen LogP contribution is 2.25. The van der Waals surface area contributed by atoms with Gasteiger partial charge in [-0.25, -0.2) is 14.3 Å². The van der Waals surface area contributed by atoms with Gasteiger partial charge in [-0.1, -0.05) is 44.2 Å². The number of aromatic nitrogens is 4. The number of hydrogen-bond acceptors (Lipinski definition) is 5. The molecule has 33 heavy (non-hydrogen) atoms. The molecule has 170 valence electrons. The SMILES string of the molecule is CC(C)Cn1c(=O)n(C)c(=O)c2c(Nc3ccccc3)n(Cc3ccc(C(=O)O)cc3)nc21. The second-order valence-electron chi connectivity index (χ2n) is 8.35. The van der Waals surface area contributed by atoms with E-state index in [0.29, 0.717) is 23.4 Å². The zero-order valence-electron chi connectivity index (χ0n) is 18.6. The van der Waals surface area contributed by atoms with Crippen LogP contribution in [-0.2, 0) is 20.1 Å². The van der Waals surface area contributed by atoms with Crippen molar-refractivity contribution in [1.29, 1.82) is 0 Å². The highest BCUT2D eigenvalue weighted by atomic mass is 16.4. The lowest BCUT2D eigenvalue weighted by molar-refractivity contribution is 0.0697. The third kappa shape index (κ3) is 4.30. The molecule has 4 rings (SSSR count). The predicted molar refractivity (Wildman–Crippen MR) is 126 cm³/mol. The highest BCUT2D eigenvalue weighted by molar-refractivity contribution is 5.89. The van der Waals surface area contributed by atoms with Crippen molar-refractivity contribution in [3.05, 3.63) is 86.6 Å². The van der Waals surface area contributed by atoms with Crippen LogP contribution in [0.3, 0.4) is 0 Å². The van der Waals surface area contributed by atoms with E-state index >= 15 is 0 Å². The number of carboxylic acid groups (broad SMARTS) is 1. The van der Waals surface area contributed by atoms with Crippen LogP contribution < -0.4 is 16.6 Å². The number of hydrogen-bond donors (Lipinski definition) is 2. The Morgan fingerprint density at radius 1 is 1.06 bits per heavy atom. The fraction of sp³-hybridized carbons (Fsp3) is 0.250. The average Bonchev–Trinajstić information content (AvgIpc) is 3.13. The fourth-order valence-electron chi connectivity index (χ4n) is 3.72. The van der Waals surface area contributed by atoms with Crippen molar-refractivity contribution < 1.29 is 9.90 Å². The first-order chi connectivity index (χ1) is 15.8.